The van der Waals surface area contributed by atoms with Gasteiger partial charge in [-0.2, -0.15) is 0 Å². The lowest BCUT2D eigenvalue weighted by molar-refractivity contribution is 0.285. The third-order valence-electron chi connectivity index (χ3n) is 3.33. The van der Waals surface area contributed by atoms with E-state index < -0.39 is 0 Å². The maximum atomic E-state index is 13.2. The second-order valence-corrected chi connectivity index (χ2v) is 5.15. The van der Waals surface area contributed by atoms with Gasteiger partial charge in [0.2, 0.25) is 0 Å². The molecule has 0 aliphatic carbocycles. The van der Waals surface area contributed by atoms with Gasteiger partial charge in [-0.1, -0.05) is 24.3 Å². The zero-order valence-corrected chi connectivity index (χ0v) is 12.2. The van der Waals surface area contributed by atoms with Gasteiger partial charge in [-0.05, 0) is 55.2 Å². The number of hydrogen-bond donors (Lipinski definition) is 2. The van der Waals surface area contributed by atoms with Crippen molar-refractivity contribution in [1.29, 1.82) is 0 Å². The van der Waals surface area contributed by atoms with E-state index in [-0.39, 0.29) is 11.9 Å². The van der Waals surface area contributed by atoms with Gasteiger partial charge in [0, 0.05) is 6.04 Å². The van der Waals surface area contributed by atoms with Gasteiger partial charge in [-0.3, -0.25) is 11.3 Å². The van der Waals surface area contributed by atoms with Crippen molar-refractivity contribution in [2.45, 2.75) is 25.8 Å². The third kappa shape index (κ3) is 5.17. The monoisotopic (exact) mass is 288 g/mol. The summed E-state index contributed by atoms with van der Waals surface area (Å²) in [4.78, 5) is 0. The summed E-state index contributed by atoms with van der Waals surface area (Å²) in [6, 6.07) is 14.6. The summed E-state index contributed by atoms with van der Waals surface area (Å²) in [5, 5.41) is 0. The lowest BCUT2D eigenvalue weighted by Crippen LogP contribution is -2.37. The van der Waals surface area contributed by atoms with Crippen LogP contribution in [0.2, 0.25) is 0 Å². The van der Waals surface area contributed by atoms with Crippen LogP contribution in [0, 0.1) is 12.7 Å². The van der Waals surface area contributed by atoms with Crippen LogP contribution in [0.4, 0.5) is 4.39 Å². The Kier molecular flexibility index (Phi) is 5.72. The highest BCUT2D eigenvalue weighted by atomic mass is 19.1. The van der Waals surface area contributed by atoms with Crippen LogP contribution in [-0.4, -0.2) is 12.6 Å². The SMILES string of the molecule is Cc1cccc(OCCC(Cc2cccc(F)c2)NN)c1. The molecule has 2 aromatic carbocycles. The van der Waals surface area contributed by atoms with Crippen LogP contribution in [0.25, 0.3) is 0 Å². The molecule has 0 spiro atoms. The highest BCUT2D eigenvalue weighted by molar-refractivity contribution is 5.27. The van der Waals surface area contributed by atoms with Gasteiger partial charge < -0.3 is 4.74 Å². The average molecular weight is 288 g/mol. The van der Waals surface area contributed by atoms with Crippen molar-refractivity contribution in [2.75, 3.05) is 6.61 Å². The number of ether oxygens (including phenoxy) is 1. The predicted octanol–water partition coefficient (Wildman–Crippen LogP) is 2.98. The Balaban J connectivity index is 1.82. The Morgan fingerprint density at radius 1 is 1.19 bits per heavy atom. The molecule has 0 saturated carbocycles. The molecule has 3 N–H and O–H groups in total. The summed E-state index contributed by atoms with van der Waals surface area (Å²) in [5.74, 6) is 6.20. The summed E-state index contributed by atoms with van der Waals surface area (Å²) in [6.07, 6.45) is 1.42. The van der Waals surface area contributed by atoms with Crippen molar-refractivity contribution in [2.24, 2.45) is 5.84 Å². The molecular weight excluding hydrogens is 267 g/mol. The second kappa shape index (κ2) is 7.76. The number of aryl methyl sites for hydroxylation is 1. The number of nitrogens with one attached hydrogen (secondary N) is 1. The Hall–Kier alpha value is -1.91. The molecule has 1 atom stereocenters. The van der Waals surface area contributed by atoms with Crippen molar-refractivity contribution < 1.29 is 9.13 Å². The smallest absolute Gasteiger partial charge is 0.123 e. The number of hydrogen-bond acceptors (Lipinski definition) is 3. The number of benzene rings is 2. The van der Waals surface area contributed by atoms with Crippen molar-refractivity contribution in [3.63, 3.8) is 0 Å². The van der Waals surface area contributed by atoms with Gasteiger partial charge in [-0.25, -0.2) is 4.39 Å². The summed E-state index contributed by atoms with van der Waals surface area (Å²) in [7, 11) is 0. The van der Waals surface area contributed by atoms with E-state index in [1.54, 1.807) is 6.07 Å². The molecular formula is C17H21FN2O. The van der Waals surface area contributed by atoms with E-state index >= 15 is 0 Å². The van der Waals surface area contributed by atoms with E-state index in [1.807, 2.05) is 37.3 Å². The highest BCUT2D eigenvalue weighted by Gasteiger charge is 2.09. The van der Waals surface area contributed by atoms with Crippen molar-refractivity contribution in [1.82, 2.24) is 5.43 Å². The fourth-order valence-electron chi connectivity index (χ4n) is 2.22. The van der Waals surface area contributed by atoms with Crippen LogP contribution >= 0.6 is 0 Å². The van der Waals surface area contributed by atoms with Crippen LogP contribution in [0.1, 0.15) is 17.5 Å². The summed E-state index contributed by atoms with van der Waals surface area (Å²) in [6.45, 7) is 2.59. The maximum Gasteiger partial charge on any atom is 0.123 e. The molecule has 0 saturated heterocycles. The van der Waals surface area contributed by atoms with Crippen LogP contribution in [0.5, 0.6) is 5.75 Å². The van der Waals surface area contributed by atoms with Crippen molar-refractivity contribution >= 4 is 0 Å². The molecule has 112 valence electrons. The van der Waals surface area contributed by atoms with E-state index in [0.717, 1.165) is 17.7 Å². The van der Waals surface area contributed by atoms with Gasteiger partial charge in [0.05, 0.1) is 6.61 Å². The molecule has 1 unspecified atom stereocenters. The Bertz CT molecular complexity index is 574. The molecule has 0 bridgehead atoms. The minimum absolute atomic E-state index is 0.0524. The molecule has 3 nitrogen and oxygen atoms in total. The van der Waals surface area contributed by atoms with E-state index in [0.29, 0.717) is 13.0 Å². The molecule has 2 aromatic rings. The number of rotatable bonds is 7. The molecule has 0 fully saturated rings. The van der Waals surface area contributed by atoms with Crippen LogP contribution in [0.15, 0.2) is 48.5 Å². The topological polar surface area (TPSA) is 47.3 Å². The van der Waals surface area contributed by atoms with Crippen LogP contribution in [0.3, 0.4) is 0 Å². The lowest BCUT2D eigenvalue weighted by atomic mass is 10.0. The minimum atomic E-state index is -0.223. The van der Waals surface area contributed by atoms with Gasteiger partial charge in [0.1, 0.15) is 11.6 Å². The standard InChI is InChI=1S/C17H21FN2O/c1-13-4-2-7-17(10-13)21-9-8-16(20-19)12-14-5-3-6-15(18)11-14/h2-7,10-11,16,20H,8-9,12,19H2,1H3. The van der Waals surface area contributed by atoms with E-state index in [1.165, 1.54) is 17.7 Å². The quantitative estimate of drug-likeness (QED) is 0.608. The zero-order valence-electron chi connectivity index (χ0n) is 12.2. The average Bonchev–Trinajstić information content (AvgIpc) is 2.46. The van der Waals surface area contributed by atoms with E-state index in [2.05, 4.69) is 5.43 Å². The third-order valence-corrected chi connectivity index (χ3v) is 3.33. The first kappa shape index (κ1) is 15.5. The first-order valence-electron chi connectivity index (χ1n) is 7.07. The highest BCUT2D eigenvalue weighted by Crippen LogP contribution is 2.13. The molecule has 21 heavy (non-hydrogen) atoms. The van der Waals surface area contributed by atoms with Gasteiger partial charge in [-0.15, -0.1) is 0 Å². The van der Waals surface area contributed by atoms with Crippen LogP contribution in [-0.2, 0) is 6.42 Å². The molecule has 4 heteroatoms. The van der Waals surface area contributed by atoms with Gasteiger partial charge >= 0.3 is 0 Å². The van der Waals surface area contributed by atoms with E-state index in [9.17, 15) is 4.39 Å². The van der Waals surface area contributed by atoms with Crippen molar-refractivity contribution in [3.8, 4) is 5.75 Å². The largest absolute Gasteiger partial charge is 0.494 e. The Morgan fingerprint density at radius 2 is 2.00 bits per heavy atom. The fourth-order valence-corrected chi connectivity index (χ4v) is 2.22. The molecule has 0 aromatic heterocycles. The summed E-state index contributed by atoms with van der Waals surface area (Å²) >= 11 is 0. The first-order valence-corrected chi connectivity index (χ1v) is 7.07. The molecule has 0 amide bonds. The maximum absolute atomic E-state index is 13.2. The van der Waals surface area contributed by atoms with Crippen LogP contribution < -0.4 is 16.0 Å². The lowest BCUT2D eigenvalue weighted by Gasteiger charge is -2.16. The normalized spacial score (nSPS) is 12.1. The fraction of sp³-hybridized carbons (Fsp3) is 0.294. The van der Waals surface area contributed by atoms with E-state index in [4.69, 9.17) is 10.6 Å². The number of nitrogens with two attached hydrogens (primary N) is 1. The minimum Gasteiger partial charge on any atom is -0.494 e. The Morgan fingerprint density at radius 3 is 2.71 bits per heavy atom. The predicted molar refractivity (Wildman–Crippen MR) is 82.5 cm³/mol. The second-order valence-electron chi connectivity index (χ2n) is 5.15. The summed E-state index contributed by atoms with van der Waals surface area (Å²) < 4.78 is 18.9. The molecule has 0 aliphatic rings. The number of halogens is 1. The zero-order chi connectivity index (χ0) is 15.1. The molecule has 2 rings (SSSR count). The van der Waals surface area contributed by atoms with Gasteiger partial charge in [0.15, 0.2) is 0 Å². The first-order chi connectivity index (χ1) is 10.2. The summed E-state index contributed by atoms with van der Waals surface area (Å²) in [5.41, 5.74) is 4.86. The molecule has 0 heterocycles. The molecule has 0 radical (unpaired) electrons. The van der Waals surface area contributed by atoms with Crippen molar-refractivity contribution in [3.05, 3.63) is 65.5 Å². The number of hydrazine groups is 1. The Labute approximate surface area is 124 Å². The molecule has 0 aliphatic heterocycles. The van der Waals surface area contributed by atoms with Gasteiger partial charge in [0.25, 0.3) is 0 Å².